The van der Waals surface area contributed by atoms with Crippen molar-refractivity contribution in [1.82, 2.24) is 4.90 Å². The van der Waals surface area contributed by atoms with E-state index < -0.39 is 89.7 Å². The number of nitrogens with zero attached hydrogens (tertiary/aromatic N) is 2. The minimum Gasteiger partial charge on any atom is -0.396 e. The molecule has 0 amide bonds. The number of rotatable bonds is 24. The Morgan fingerprint density at radius 1 is 0.725 bits per heavy atom. The third-order valence-electron chi connectivity index (χ3n) is 16.7. The summed E-state index contributed by atoms with van der Waals surface area (Å²) in [7, 11) is 7.04. The normalized spacial score (nSPS) is 40.6. The molecule has 14 nitrogen and oxygen atoms in total. The van der Waals surface area contributed by atoms with E-state index in [1.165, 1.54) is 70.6 Å². The van der Waals surface area contributed by atoms with Crippen LogP contribution in [-0.4, -0.2) is 150 Å². The molecule has 0 bridgehead atoms. The number of hydrogen-bond acceptors (Lipinski definition) is 14. The Morgan fingerprint density at radius 3 is 1.80 bits per heavy atom. The van der Waals surface area contributed by atoms with Crippen LogP contribution < -0.4 is 0 Å². The van der Waals surface area contributed by atoms with Crippen molar-refractivity contribution in [1.29, 1.82) is 0 Å². The Morgan fingerprint density at radius 2 is 1.28 bits per heavy atom. The topological polar surface area (TPSA) is 178 Å². The smallest absolute Gasteiger partial charge is 0.185 e. The van der Waals surface area contributed by atoms with Crippen molar-refractivity contribution < 1.29 is 58.5 Å². The third kappa shape index (κ3) is 17.4. The van der Waals surface area contributed by atoms with Crippen LogP contribution in [0.1, 0.15) is 198 Å². The number of likely N-dealkylation sites (N-methyl/N-ethyl adjacent to an activating group) is 1. The summed E-state index contributed by atoms with van der Waals surface area (Å²) in [5.41, 5.74) is -3.24. The van der Waals surface area contributed by atoms with E-state index in [0.717, 1.165) is 19.3 Å². The van der Waals surface area contributed by atoms with Gasteiger partial charge in [-0.15, -0.1) is 0 Å². The monoisotopic (exact) mass is 985 g/mol. The van der Waals surface area contributed by atoms with Gasteiger partial charge in [0.05, 0.1) is 53.0 Å². The van der Waals surface area contributed by atoms with Crippen molar-refractivity contribution in [3.8, 4) is 0 Å². The van der Waals surface area contributed by atoms with E-state index in [4.69, 9.17) is 38.4 Å². The zero-order valence-electron chi connectivity index (χ0n) is 46.3. The van der Waals surface area contributed by atoms with Crippen LogP contribution in [0.25, 0.3) is 0 Å². The number of unbranched alkanes of at least 4 members (excludes halogenated alkanes) is 13. The average Bonchev–Trinajstić information content (AvgIpc) is 3.31. The van der Waals surface area contributed by atoms with Gasteiger partial charge in [-0.3, -0.25) is 4.79 Å². The number of hydrogen-bond donors (Lipinski definition) is 4. The molecule has 18 atom stereocenters. The largest absolute Gasteiger partial charge is 0.396 e. The van der Waals surface area contributed by atoms with Crippen LogP contribution >= 0.6 is 0 Å². The standard InChI is InChI=1S/C55H104N2O12/c1-16-18-19-20-21-22-23-24-25-26-27-28-29-30-31-65-56-46-36(3)34-54(10,64-15)51(69-52-47(59)43(57(12)13)32-37(4)66-52)40(7)48(68-45-35-53(9,63-14)50(61)41(8)67-45)38(5)44(58)33-42(17-2)55(11,62)49(60)39(46)6/h36-43,45,47-52,59-62H,16-35H2,1-15H3/b56-46+/t36-,37-,38+,39+,40+,41+,42+,43+,45+,47-,48-,49-,50+,51-,52+,53-,54-,55-/m1/s1. The van der Waals surface area contributed by atoms with Crippen LogP contribution in [0.5, 0.6) is 0 Å². The first kappa shape index (κ1) is 62.0. The summed E-state index contributed by atoms with van der Waals surface area (Å²) in [5, 5.41) is 52.3. The summed E-state index contributed by atoms with van der Waals surface area (Å²) in [5.74, 6) is -3.18. The predicted molar refractivity (Wildman–Crippen MR) is 273 cm³/mol. The lowest BCUT2D eigenvalue weighted by molar-refractivity contribution is -0.318. The number of oxime groups is 1. The number of methoxy groups -OCH3 is 2. The highest BCUT2D eigenvalue weighted by Crippen LogP contribution is 2.43. The van der Waals surface area contributed by atoms with Crippen LogP contribution in [0, 0.1) is 29.6 Å². The predicted octanol–water partition coefficient (Wildman–Crippen LogP) is 9.39. The number of aliphatic hydroxyl groups excluding tert-OH is 3. The molecule has 69 heavy (non-hydrogen) atoms. The van der Waals surface area contributed by atoms with Gasteiger partial charge in [0.15, 0.2) is 12.6 Å². The molecule has 3 rings (SSSR count). The summed E-state index contributed by atoms with van der Waals surface area (Å²) in [4.78, 5) is 22.9. The van der Waals surface area contributed by atoms with E-state index in [1.54, 1.807) is 28.1 Å². The lowest BCUT2D eigenvalue weighted by atomic mass is 9.69. The van der Waals surface area contributed by atoms with Gasteiger partial charge in [-0.1, -0.05) is 130 Å². The van der Waals surface area contributed by atoms with Crippen LogP contribution in [-0.2, 0) is 38.1 Å². The summed E-state index contributed by atoms with van der Waals surface area (Å²) in [6.45, 7) is 21.4. The fourth-order valence-electron chi connectivity index (χ4n) is 11.7. The number of carbonyl (C=O) groups is 1. The molecule has 406 valence electrons. The van der Waals surface area contributed by atoms with Crippen LogP contribution in [0.2, 0.25) is 0 Å². The lowest BCUT2D eigenvalue weighted by Gasteiger charge is -2.50. The number of Topliss-reactive ketones (excluding diaryl/α,β-unsaturated/α-hetero) is 1. The molecule has 1 saturated carbocycles. The molecule has 2 heterocycles. The quantitative estimate of drug-likeness (QED) is 0.0532. The van der Waals surface area contributed by atoms with E-state index >= 15 is 0 Å². The van der Waals surface area contributed by atoms with Gasteiger partial charge in [-0.25, -0.2) is 0 Å². The van der Waals surface area contributed by atoms with Crippen molar-refractivity contribution in [2.45, 2.75) is 276 Å². The second-order valence-electron chi connectivity index (χ2n) is 22.6. The molecular weight excluding hydrogens is 881 g/mol. The molecule has 3 fully saturated rings. The Hall–Kier alpha value is -1.30. The Bertz CT molecular complexity index is 1490. The fraction of sp³-hybridized carbons (Fsp3) is 0.964. The van der Waals surface area contributed by atoms with Crippen LogP contribution in [0.15, 0.2) is 5.16 Å². The Kier molecular flexibility index (Phi) is 26.6. The van der Waals surface area contributed by atoms with Gasteiger partial charge < -0.3 is 58.6 Å². The summed E-state index contributed by atoms with van der Waals surface area (Å²) in [6.07, 6.45) is 11.3. The molecule has 0 aromatic heterocycles. The van der Waals surface area contributed by atoms with Crippen molar-refractivity contribution in [2.24, 2.45) is 34.7 Å². The van der Waals surface area contributed by atoms with Crippen LogP contribution in [0.3, 0.4) is 0 Å². The molecule has 2 saturated heterocycles. The van der Waals surface area contributed by atoms with E-state index in [1.807, 2.05) is 74.4 Å². The molecule has 3 aliphatic rings. The van der Waals surface area contributed by atoms with Gasteiger partial charge in [0.1, 0.15) is 24.6 Å². The molecule has 0 radical (unpaired) electrons. The van der Waals surface area contributed by atoms with Gasteiger partial charge in [-0.05, 0) is 80.3 Å². The fourth-order valence-corrected chi connectivity index (χ4v) is 11.7. The maximum Gasteiger partial charge on any atom is 0.185 e. The van der Waals surface area contributed by atoms with Crippen molar-refractivity contribution in [2.75, 3.05) is 34.9 Å². The zero-order valence-corrected chi connectivity index (χ0v) is 46.3. The van der Waals surface area contributed by atoms with Crippen molar-refractivity contribution in [3.05, 3.63) is 0 Å². The van der Waals surface area contributed by atoms with E-state index in [9.17, 15) is 25.2 Å². The molecular formula is C55H104N2O12. The summed E-state index contributed by atoms with van der Waals surface area (Å²) < 4.78 is 39.2. The first-order valence-corrected chi connectivity index (χ1v) is 27.4. The molecule has 14 heteroatoms. The highest BCUT2D eigenvalue weighted by molar-refractivity contribution is 5.89. The first-order valence-electron chi connectivity index (χ1n) is 27.4. The molecule has 4 N–H and O–H groups in total. The molecule has 1 aliphatic carbocycles. The third-order valence-corrected chi connectivity index (χ3v) is 16.7. The average molecular weight is 985 g/mol. The molecule has 2 aliphatic heterocycles. The molecule has 0 aromatic rings. The minimum atomic E-state index is -1.67. The van der Waals surface area contributed by atoms with Crippen LogP contribution in [0.4, 0.5) is 0 Å². The number of ether oxygens (including phenoxy) is 6. The highest BCUT2D eigenvalue weighted by Gasteiger charge is 2.53. The van der Waals surface area contributed by atoms with Crippen molar-refractivity contribution >= 4 is 11.5 Å². The van der Waals surface area contributed by atoms with Gasteiger partial charge in [0, 0.05) is 56.8 Å². The van der Waals surface area contributed by atoms with Gasteiger partial charge >= 0.3 is 0 Å². The highest BCUT2D eigenvalue weighted by atomic mass is 16.7. The maximum absolute atomic E-state index is 14.8. The van der Waals surface area contributed by atoms with Gasteiger partial charge in [0.2, 0.25) is 0 Å². The lowest BCUT2D eigenvalue weighted by Crippen LogP contribution is -2.61. The Labute approximate surface area is 419 Å². The number of carbonyl (C=O) groups excluding carboxylic acids is 1. The van der Waals surface area contributed by atoms with Gasteiger partial charge in [-0.2, -0.15) is 0 Å². The van der Waals surface area contributed by atoms with E-state index in [0.29, 0.717) is 31.6 Å². The minimum absolute atomic E-state index is 0.0331. The molecule has 0 unspecified atom stereocenters. The maximum atomic E-state index is 14.8. The number of aliphatic hydroxyl groups is 4. The summed E-state index contributed by atoms with van der Waals surface area (Å²) in [6, 6.07) is -0.250. The second-order valence-corrected chi connectivity index (χ2v) is 22.6. The second kappa shape index (κ2) is 29.6. The van der Waals surface area contributed by atoms with Crippen molar-refractivity contribution in [3.63, 3.8) is 0 Å². The summed E-state index contributed by atoms with van der Waals surface area (Å²) >= 11 is 0. The number of ketones is 1. The molecule has 0 aromatic carbocycles. The molecule has 0 spiro atoms. The van der Waals surface area contributed by atoms with Gasteiger partial charge in [0.25, 0.3) is 0 Å². The first-order chi connectivity index (χ1) is 32.5. The van der Waals surface area contributed by atoms with E-state index in [2.05, 4.69) is 6.92 Å². The van der Waals surface area contributed by atoms with E-state index in [-0.39, 0.29) is 36.7 Å². The zero-order chi connectivity index (χ0) is 51.7. The Balaban J connectivity index is 2.00. The SMILES string of the molecule is CCCCCCCCCCCCCCCCO/N=C1\[C@H](C)C[C@@](C)(OC)[C@H](O[C@@H]2O[C@H](C)C[C@H](N(C)C)[C@H]2O)[C@@H](C)[C@H](O[C@H]2C[C@@](C)(OC)[C@@H](O)[C@H](C)O2)[C@@H](C)C(=O)C[C@H](CC)[C@@](C)(O)[C@H](O)[C@H]1C.